The highest BCUT2D eigenvalue weighted by molar-refractivity contribution is 5.79. The van der Waals surface area contributed by atoms with Crippen LogP contribution < -0.4 is 16.8 Å². The molecule has 0 heterocycles. The summed E-state index contributed by atoms with van der Waals surface area (Å²) < 4.78 is 0. The fraction of sp³-hybridized carbons (Fsp3) is 0.900. The lowest BCUT2D eigenvalue weighted by molar-refractivity contribution is -0.119. The van der Waals surface area contributed by atoms with E-state index < -0.39 is 11.9 Å². The molecule has 0 saturated carbocycles. The molecule has 5 N–H and O–H groups in total. The maximum atomic E-state index is 10.6. The van der Waals surface area contributed by atoms with Gasteiger partial charge in [0.05, 0.1) is 6.04 Å². The molecule has 84 valence electrons. The van der Waals surface area contributed by atoms with Gasteiger partial charge >= 0.3 is 0 Å². The molecule has 2 unspecified atom stereocenters. The quantitative estimate of drug-likeness (QED) is 0.496. The van der Waals surface area contributed by atoms with Crippen molar-refractivity contribution in [3.8, 4) is 0 Å². The van der Waals surface area contributed by atoms with E-state index in [1.807, 2.05) is 0 Å². The van der Waals surface area contributed by atoms with E-state index in [-0.39, 0.29) is 0 Å². The molecule has 0 fully saturated rings. The number of amides is 1. The Morgan fingerprint density at radius 1 is 1.43 bits per heavy atom. The van der Waals surface area contributed by atoms with E-state index in [4.69, 9.17) is 11.5 Å². The summed E-state index contributed by atoms with van der Waals surface area (Å²) in [4.78, 5) is 10.6. The Labute approximate surface area is 86.4 Å². The zero-order valence-electron chi connectivity index (χ0n) is 9.25. The van der Waals surface area contributed by atoms with Gasteiger partial charge in [-0.1, -0.05) is 26.2 Å². The first kappa shape index (κ1) is 13.4. The van der Waals surface area contributed by atoms with Gasteiger partial charge in [0, 0.05) is 12.6 Å². The number of unbranched alkanes of at least 4 members (excludes halogenated alkanes) is 2. The van der Waals surface area contributed by atoms with Crippen LogP contribution in [0.25, 0.3) is 0 Å². The molecule has 0 aromatic heterocycles. The molecule has 4 nitrogen and oxygen atoms in total. The van der Waals surface area contributed by atoms with Crippen molar-refractivity contribution >= 4 is 5.91 Å². The van der Waals surface area contributed by atoms with Crippen molar-refractivity contribution in [3.63, 3.8) is 0 Å². The molecule has 0 aliphatic heterocycles. The maximum Gasteiger partial charge on any atom is 0.235 e. The zero-order valence-corrected chi connectivity index (χ0v) is 9.25. The second-order valence-electron chi connectivity index (χ2n) is 3.81. The lowest BCUT2D eigenvalue weighted by atomic mass is 10.1. The molecule has 0 rings (SSSR count). The first-order valence-corrected chi connectivity index (χ1v) is 5.36. The average molecular weight is 201 g/mol. The van der Waals surface area contributed by atoms with E-state index in [1.165, 1.54) is 19.3 Å². The lowest BCUT2D eigenvalue weighted by Gasteiger charge is -2.15. The van der Waals surface area contributed by atoms with Gasteiger partial charge in [-0.25, -0.2) is 0 Å². The Bertz CT molecular complexity index is 161. The van der Waals surface area contributed by atoms with Crippen molar-refractivity contribution in [2.45, 2.75) is 51.6 Å². The molecular weight excluding hydrogens is 178 g/mol. The minimum atomic E-state index is -0.566. The largest absolute Gasteiger partial charge is 0.368 e. The van der Waals surface area contributed by atoms with Gasteiger partial charge in [0.15, 0.2) is 0 Å². The minimum Gasteiger partial charge on any atom is -0.368 e. The van der Waals surface area contributed by atoms with E-state index in [2.05, 4.69) is 19.2 Å². The van der Waals surface area contributed by atoms with Crippen LogP contribution in [-0.4, -0.2) is 24.5 Å². The fourth-order valence-corrected chi connectivity index (χ4v) is 1.23. The van der Waals surface area contributed by atoms with Gasteiger partial charge in [0.1, 0.15) is 0 Å². The van der Waals surface area contributed by atoms with Gasteiger partial charge in [-0.15, -0.1) is 0 Å². The predicted molar refractivity (Wildman–Crippen MR) is 58.8 cm³/mol. The van der Waals surface area contributed by atoms with Crippen molar-refractivity contribution in [3.05, 3.63) is 0 Å². The highest BCUT2D eigenvalue weighted by atomic mass is 16.1. The van der Waals surface area contributed by atoms with Crippen LogP contribution in [-0.2, 0) is 4.79 Å². The number of hydrogen-bond acceptors (Lipinski definition) is 3. The highest BCUT2D eigenvalue weighted by Gasteiger charge is 2.09. The third-order valence-corrected chi connectivity index (χ3v) is 2.29. The van der Waals surface area contributed by atoms with E-state index in [0.717, 1.165) is 6.42 Å². The van der Waals surface area contributed by atoms with Crippen molar-refractivity contribution < 1.29 is 4.79 Å². The molecule has 4 heteroatoms. The summed E-state index contributed by atoms with van der Waals surface area (Å²) in [5, 5.41) is 3.20. The second-order valence-corrected chi connectivity index (χ2v) is 3.81. The van der Waals surface area contributed by atoms with Crippen molar-refractivity contribution in [1.82, 2.24) is 5.32 Å². The first-order valence-electron chi connectivity index (χ1n) is 5.36. The number of hydrogen-bond donors (Lipinski definition) is 3. The Hall–Kier alpha value is -0.610. The Balaban J connectivity index is 3.43. The molecule has 14 heavy (non-hydrogen) atoms. The van der Waals surface area contributed by atoms with E-state index in [9.17, 15) is 4.79 Å². The maximum absolute atomic E-state index is 10.6. The van der Waals surface area contributed by atoms with Crippen molar-refractivity contribution in [2.75, 3.05) is 6.54 Å². The molecule has 0 saturated heterocycles. The number of primary amides is 1. The summed E-state index contributed by atoms with van der Waals surface area (Å²) >= 11 is 0. The van der Waals surface area contributed by atoms with Gasteiger partial charge in [-0.3, -0.25) is 4.79 Å². The Morgan fingerprint density at radius 2 is 2.07 bits per heavy atom. The monoisotopic (exact) mass is 201 g/mol. The van der Waals surface area contributed by atoms with Crippen molar-refractivity contribution in [2.24, 2.45) is 11.5 Å². The van der Waals surface area contributed by atoms with Crippen LogP contribution in [0.15, 0.2) is 0 Å². The van der Waals surface area contributed by atoms with Crippen LogP contribution >= 0.6 is 0 Å². The molecule has 0 aliphatic carbocycles. The fourth-order valence-electron chi connectivity index (χ4n) is 1.23. The summed E-state index contributed by atoms with van der Waals surface area (Å²) in [5.74, 6) is -0.446. The summed E-state index contributed by atoms with van der Waals surface area (Å²) in [7, 11) is 0. The molecular formula is C10H23N3O. The second kappa shape index (κ2) is 7.76. The number of nitrogens with one attached hydrogen (secondary N) is 1. The van der Waals surface area contributed by atoms with Crippen LogP contribution in [0, 0.1) is 0 Å². The molecule has 0 bridgehead atoms. The lowest BCUT2D eigenvalue weighted by Crippen LogP contribution is -2.46. The molecule has 0 radical (unpaired) electrons. The zero-order chi connectivity index (χ0) is 11.0. The Kier molecular flexibility index (Phi) is 7.42. The van der Waals surface area contributed by atoms with Crippen LogP contribution in [0.4, 0.5) is 0 Å². The normalized spacial score (nSPS) is 15.1. The molecule has 2 atom stereocenters. The van der Waals surface area contributed by atoms with Gasteiger partial charge in [-0.05, 0) is 13.3 Å². The number of carbonyl (C=O) groups excluding carboxylic acids is 1. The van der Waals surface area contributed by atoms with Crippen LogP contribution in [0.5, 0.6) is 0 Å². The molecule has 0 spiro atoms. The summed E-state index contributed by atoms with van der Waals surface area (Å²) in [6.45, 7) is 4.76. The molecule has 0 aromatic carbocycles. The van der Waals surface area contributed by atoms with Crippen molar-refractivity contribution in [1.29, 1.82) is 0 Å². The molecule has 0 aromatic rings. The summed E-state index contributed by atoms with van der Waals surface area (Å²) in [6.07, 6.45) is 4.83. The van der Waals surface area contributed by atoms with E-state index in [0.29, 0.717) is 12.6 Å². The third-order valence-electron chi connectivity index (χ3n) is 2.29. The summed E-state index contributed by atoms with van der Waals surface area (Å²) in [6, 6.07) is -0.157. The standard InChI is InChI=1S/C10H23N3O/c1-3-4-5-6-8(2)13-7-9(11)10(12)14/h8-9,13H,3-7,11H2,1-2H3,(H2,12,14). The van der Waals surface area contributed by atoms with Gasteiger partial charge in [0.2, 0.25) is 5.91 Å². The number of rotatable bonds is 8. The topological polar surface area (TPSA) is 81.1 Å². The average Bonchev–Trinajstić information content (AvgIpc) is 2.14. The third kappa shape index (κ3) is 6.86. The van der Waals surface area contributed by atoms with Gasteiger partial charge < -0.3 is 16.8 Å². The van der Waals surface area contributed by atoms with Crippen LogP contribution in [0.2, 0.25) is 0 Å². The van der Waals surface area contributed by atoms with Gasteiger partial charge in [0.25, 0.3) is 0 Å². The predicted octanol–water partition coefficient (Wildman–Crippen LogP) is 0.357. The van der Waals surface area contributed by atoms with Gasteiger partial charge in [-0.2, -0.15) is 0 Å². The molecule has 0 aliphatic rings. The smallest absolute Gasteiger partial charge is 0.235 e. The highest BCUT2D eigenvalue weighted by Crippen LogP contribution is 2.02. The van der Waals surface area contributed by atoms with Crippen LogP contribution in [0.1, 0.15) is 39.5 Å². The number of nitrogens with two attached hydrogens (primary N) is 2. The minimum absolute atomic E-state index is 0.409. The Morgan fingerprint density at radius 3 is 2.57 bits per heavy atom. The molecule has 1 amide bonds. The number of carbonyl (C=O) groups is 1. The SMILES string of the molecule is CCCCCC(C)NCC(N)C(N)=O. The van der Waals surface area contributed by atoms with E-state index in [1.54, 1.807) is 0 Å². The van der Waals surface area contributed by atoms with Crippen LogP contribution in [0.3, 0.4) is 0 Å². The summed E-state index contributed by atoms with van der Waals surface area (Å²) in [5.41, 5.74) is 10.5. The first-order chi connectivity index (χ1) is 6.57. The van der Waals surface area contributed by atoms with E-state index >= 15 is 0 Å².